The Morgan fingerprint density at radius 3 is 2.79 bits per heavy atom. The van der Waals surface area contributed by atoms with Gasteiger partial charge < -0.3 is 0 Å². The molecule has 118 valence electrons. The summed E-state index contributed by atoms with van der Waals surface area (Å²) >= 11 is 0. The SMILES string of the molecule is Cc1cccc(-c2cnc3[nH]c(=O)n(Cc4cccnc4)c3c2)c1. The number of H-pyrrole nitrogens is 1. The molecule has 0 radical (unpaired) electrons. The zero-order valence-corrected chi connectivity index (χ0v) is 13.2. The summed E-state index contributed by atoms with van der Waals surface area (Å²) < 4.78 is 1.69. The second-order valence-corrected chi connectivity index (χ2v) is 5.84. The molecular formula is C19H16N4O. The summed E-state index contributed by atoms with van der Waals surface area (Å²) in [6.07, 6.45) is 5.28. The molecule has 1 aromatic carbocycles. The first kappa shape index (κ1) is 14.4. The van der Waals surface area contributed by atoms with Gasteiger partial charge in [0.2, 0.25) is 0 Å². The molecule has 0 unspecified atom stereocenters. The van der Waals surface area contributed by atoms with Crippen LogP contribution in [0.3, 0.4) is 0 Å². The third kappa shape index (κ3) is 2.60. The minimum absolute atomic E-state index is 0.164. The number of aromatic nitrogens is 4. The molecule has 0 saturated heterocycles. The Morgan fingerprint density at radius 2 is 2.00 bits per heavy atom. The Hall–Kier alpha value is -3.21. The first-order chi connectivity index (χ1) is 11.7. The summed E-state index contributed by atoms with van der Waals surface area (Å²) in [6.45, 7) is 2.52. The number of hydrogen-bond acceptors (Lipinski definition) is 3. The van der Waals surface area contributed by atoms with Crippen LogP contribution in [0.5, 0.6) is 0 Å². The Morgan fingerprint density at radius 1 is 1.08 bits per heavy atom. The fraction of sp³-hybridized carbons (Fsp3) is 0.105. The predicted molar refractivity (Wildman–Crippen MR) is 93.9 cm³/mol. The number of imidazole rings is 1. The van der Waals surface area contributed by atoms with Gasteiger partial charge in [0.25, 0.3) is 0 Å². The summed E-state index contributed by atoms with van der Waals surface area (Å²) in [5, 5.41) is 0. The van der Waals surface area contributed by atoms with E-state index in [1.54, 1.807) is 23.2 Å². The molecule has 0 amide bonds. The summed E-state index contributed by atoms with van der Waals surface area (Å²) in [5.41, 5.74) is 5.47. The van der Waals surface area contributed by atoms with Crippen molar-refractivity contribution in [2.45, 2.75) is 13.5 Å². The van der Waals surface area contributed by atoms with Crippen molar-refractivity contribution < 1.29 is 0 Å². The molecule has 0 saturated carbocycles. The van der Waals surface area contributed by atoms with Gasteiger partial charge in [0.15, 0.2) is 5.65 Å². The van der Waals surface area contributed by atoms with Crippen LogP contribution in [0.4, 0.5) is 0 Å². The van der Waals surface area contributed by atoms with Gasteiger partial charge in [-0.25, -0.2) is 9.78 Å². The third-order valence-corrected chi connectivity index (χ3v) is 4.04. The van der Waals surface area contributed by atoms with Gasteiger partial charge in [0.05, 0.1) is 12.1 Å². The summed E-state index contributed by atoms with van der Waals surface area (Å²) in [6, 6.07) is 14.1. The lowest BCUT2D eigenvalue weighted by Gasteiger charge is -2.06. The van der Waals surface area contributed by atoms with E-state index in [-0.39, 0.29) is 5.69 Å². The van der Waals surface area contributed by atoms with Crippen molar-refractivity contribution in [2.75, 3.05) is 0 Å². The maximum absolute atomic E-state index is 12.3. The molecule has 3 heterocycles. The quantitative estimate of drug-likeness (QED) is 0.631. The van der Waals surface area contributed by atoms with Gasteiger partial charge in [-0.2, -0.15) is 0 Å². The molecule has 0 aliphatic carbocycles. The Kier molecular flexibility index (Phi) is 3.46. The van der Waals surface area contributed by atoms with Crippen molar-refractivity contribution in [1.29, 1.82) is 0 Å². The maximum Gasteiger partial charge on any atom is 0.327 e. The van der Waals surface area contributed by atoms with Gasteiger partial charge >= 0.3 is 5.69 Å². The highest BCUT2D eigenvalue weighted by atomic mass is 16.1. The zero-order chi connectivity index (χ0) is 16.5. The van der Waals surface area contributed by atoms with E-state index in [2.05, 4.69) is 34.0 Å². The molecule has 1 N–H and O–H groups in total. The van der Waals surface area contributed by atoms with Crippen molar-refractivity contribution in [1.82, 2.24) is 19.5 Å². The number of fused-ring (bicyclic) bond motifs is 1. The first-order valence-electron chi connectivity index (χ1n) is 7.75. The second kappa shape index (κ2) is 5.77. The molecule has 0 atom stereocenters. The van der Waals surface area contributed by atoms with Crippen molar-refractivity contribution >= 4 is 11.2 Å². The fourth-order valence-electron chi connectivity index (χ4n) is 2.85. The Labute approximate surface area is 138 Å². The van der Waals surface area contributed by atoms with E-state index in [4.69, 9.17) is 0 Å². The number of hydrogen-bond donors (Lipinski definition) is 1. The van der Waals surface area contributed by atoms with E-state index >= 15 is 0 Å². The number of benzene rings is 1. The van der Waals surface area contributed by atoms with Crippen molar-refractivity contribution in [3.8, 4) is 11.1 Å². The summed E-state index contributed by atoms with van der Waals surface area (Å²) in [4.78, 5) is 23.6. The van der Waals surface area contributed by atoms with Crippen LogP contribution < -0.4 is 5.69 Å². The molecule has 24 heavy (non-hydrogen) atoms. The molecule has 0 fully saturated rings. The second-order valence-electron chi connectivity index (χ2n) is 5.84. The summed E-state index contributed by atoms with van der Waals surface area (Å²) in [7, 11) is 0. The highest BCUT2D eigenvalue weighted by Crippen LogP contribution is 2.22. The first-order valence-corrected chi connectivity index (χ1v) is 7.75. The molecule has 0 bridgehead atoms. The minimum Gasteiger partial charge on any atom is -0.290 e. The molecule has 4 rings (SSSR count). The number of nitrogens with zero attached hydrogens (tertiary/aromatic N) is 3. The zero-order valence-electron chi connectivity index (χ0n) is 13.2. The van der Waals surface area contributed by atoms with E-state index in [1.807, 2.05) is 30.3 Å². The van der Waals surface area contributed by atoms with Crippen LogP contribution in [0.25, 0.3) is 22.3 Å². The van der Waals surface area contributed by atoms with Crippen molar-refractivity contribution in [3.63, 3.8) is 0 Å². The van der Waals surface area contributed by atoms with E-state index in [1.165, 1.54) is 5.56 Å². The average molecular weight is 316 g/mol. The van der Waals surface area contributed by atoms with Crippen molar-refractivity contribution in [3.05, 3.63) is 82.7 Å². The Bertz CT molecular complexity index is 1060. The van der Waals surface area contributed by atoms with Gasteiger partial charge in [0, 0.05) is 24.2 Å². The van der Waals surface area contributed by atoms with Gasteiger partial charge in [0.1, 0.15) is 0 Å². The molecule has 5 nitrogen and oxygen atoms in total. The maximum atomic E-state index is 12.3. The monoisotopic (exact) mass is 316 g/mol. The topological polar surface area (TPSA) is 63.6 Å². The highest BCUT2D eigenvalue weighted by Gasteiger charge is 2.10. The predicted octanol–water partition coefficient (Wildman–Crippen LogP) is 3.14. The van der Waals surface area contributed by atoms with E-state index < -0.39 is 0 Å². The minimum atomic E-state index is -0.164. The Balaban J connectivity index is 1.84. The van der Waals surface area contributed by atoms with E-state index in [0.29, 0.717) is 12.2 Å². The number of nitrogens with one attached hydrogen (secondary N) is 1. The molecular weight excluding hydrogens is 300 g/mol. The lowest BCUT2D eigenvalue weighted by molar-refractivity contribution is 0.783. The van der Waals surface area contributed by atoms with Crippen LogP contribution in [0.2, 0.25) is 0 Å². The third-order valence-electron chi connectivity index (χ3n) is 4.04. The molecule has 5 heteroatoms. The highest BCUT2D eigenvalue weighted by molar-refractivity contribution is 5.78. The van der Waals surface area contributed by atoms with Crippen LogP contribution in [-0.4, -0.2) is 19.5 Å². The fourth-order valence-corrected chi connectivity index (χ4v) is 2.85. The lowest BCUT2D eigenvalue weighted by atomic mass is 10.1. The normalized spacial score (nSPS) is 11.0. The number of rotatable bonds is 3. The number of aryl methyl sites for hydroxylation is 1. The molecule has 4 aromatic rings. The molecule has 0 aliphatic heterocycles. The standard InChI is InChI=1S/C19H16N4O/c1-13-4-2-6-15(8-13)16-9-17-18(21-11-16)22-19(24)23(17)12-14-5-3-7-20-10-14/h2-11H,12H2,1H3,(H,21,22,24). The van der Waals surface area contributed by atoms with Gasteiger partial charge in [-0.15, -0.1) is 0 Å². The van der Waals surface area contributed by atoms with E-state index in [9.17, 15) is 4.79 Å². The van der Waals surface area contributed by atoms with E-state index in [0.717, 1.165) is 22.2 Å². The summed E-state index contributed by atoms with van der Waals surface area (Å²) in [5.74, 6) is 0. The van der Waals surface area contributed by atoms with Crippen LogP contribution >= 0.6 is 0 Å². The average Bonchev–Trinajstić information content (AvgIpc) is 2.91. The van der Waals surface area contributed by atoms with Crippen molar-refractivity contribution in [2.24, 2.45) is 0 Å². The van der Waals surface area contributed by atoms with Crippen LogP contribution in [0.1, 0.15) is 11.1 Å². The van der Waals surface area contributed by atoms with Crippen LogP contribution in [0, 0.1) is 6.92 Å². The number of aromatic amines is 1. The number of pyridine rings is 2. The van der Waals surface area contributed by atoms with Crippen LogP contribution in [-0.2, 0) is 6.54 Å². The van der Waals surface area contributed by atoms with Gasteiger partial charge in [-0.1, -0.05) is 35.9 Å². The molecule has 0 aliphatic rings. The molecule has 0 spiro atoms. The largest absolute Gasteiger partial charge is 0.327 e. The lowest BCUT2D eigenvalue weighted by Crippen LogP contribution is -2.17. The van der Waals surface area contributed by atoms with Gasteiger partial charge in [-0.3, -0.25) is 14.5 Å². The smallest absolute Gasteiger partial charge is 0.290 e. The van der Waals surface area contributed by atoms with Crippen LogP contribution in [0.15, 0.2) is 65.8 Å². The molecule has 3 aromatic heterocycles. The van der Waals surface area contributed by atoms with Gasteiger partial charge in [-0.05, 0) is 30.2 Å².